The molecule has 0 aromatic heterocycles. The fraction of sp³-hybridized carbons (Fsp3) is 0.640. The fourth-order valence-electron chi connectivity index (χ4n) is 3.26. The molecule has 192 valence electrons. The molecule has 3 atom stereocenters. The Morgan fingerprint density at radius 2 is 1.50 bits per heavy atom. The molecule has 0 radical (unpaired) electrons. The number of carbonyl (C=O) groups excluding carboxylic acids is 3. The molecule has 0 unspecified atom stereocenters. The summed E-state index contributed by atoms with van der Waals surface area (Å²) in [5.41, 5.74) is 0.986. The number of rotatable bonds is 10. The molecule has 2 amide bonds. The Morgan fingerprint density at radius 1 is 0.941 bits per heavy atom. The standard InChI is InChI=1S/C25H40N2O7/c1-15(2)13-18(20(28)22(30)27-32)21(29)26-19(23(31)34-25(6,7)8)14-16-9-11-17(12-10-16)33-24(3,4)5/h9-12,15,18-20,28,32H,13-14H2,1-8H3,(H,26,29)(H,27,30)/t18-,19+,20+/m1/s1. The second-order valence-electron chi connectivity index (χ2n) is 10.8. The molecule has 0 aliphatic carbocycles. The minimum Gasteiger partial charge on any atom is -0.488 e. The van der Waals surface area contributed by atoms with Gasteiger partial charge in [0.05, 0.1) is 5.92 Å². The first-order valence-electron chi connectivity index (χ1n) is 11.5. The Balaban J connectivity index is 3.14. The first kappa shape index (κ1) is 29.4. The van der Waals surface area contributed by atoms with Gasteiger partial charge >= 0.3 is 5.97 Å². The van der Waals surface area contributed by atoms with Gasteiger partial charge in [-0.3, -0.25) is 14.8 Å². The second kappa shape index (κ2) is 12.2. The zero-order valence-corrected chi connectivity index (χ0v) is 21.5. The quantitative estimate of drug-likeness (QED) is 0.230. The number of nitrogens with one attached hydrogen (secondary N) is 2. The number of carbonyl (C=O) groups is 3. The average molecular weight is 481 g/mol. The first-order valence-corrected chi connectivity index (χ1v) is 11.5. The molecule has 9 nitrogen and oxygen atoms in total. The van der Waals surface area contributed by atoms with E-state index in [1.807, 2.05) is 34.6 Å². The number of hydrogen-bond donors (Lipinski definition) is 4. The van der Waals surface area contributed by atoms with Crippen LogP contribution in [0.15, 0.2) is 24.3 Å². The lowest BCUT2D eigenvalue weighted by atomic mass is 9.90. The smallest absolute Gasteiger partial charge is 0.329 e. The number of benzene rings is 1. The van der Waals surface area contributed by atoms with Gasteiger partial charge in [0, 0.05) is 6.42 Å². The normalized spacial score (nSPS) is 14.7. The highest BCUT2D eigenvalue weighted by Gasteiger charge is 2.36. The number of amides is 2. The van der Waals surface area contributed by atoms with Crippen LogP contribution in [0.25, 0.3) is 0 Å². The van der Waals surface area contributed by atoms with Gasteiger partial charge in [0.2, 0.25) is 5.91 Å². The number of esters is 1. The Morgan fingerprint density at radius 3 is 1.94 bits per heavy atom. The fourth-order valence-corrected chi connectivity index (χ4v) is 3.26. The summed E-state index contributed by atoms with van der Waals surface area (Å²) in [5.74, 6) is -2.95. The molecular formula is C25H40N2O7. The van der Waals surface area contributed by atoms with Crippen molar-refractivity contribution in [3.63, 3.8) is 0 Å². The van der Waals surface area contributed by atoms with Crippen LogP contribution in [0.5, 0.6) is 5.75 Å². The Kier molecular flexibility index (Phi) is 10.5. The van der Waals surface area contributed by atoms with Crippen molar-refractivity contribution >= 4 is 17.8 Å². The van der Waals surface area contributed by atoms with Crippen molar-refractivity contribution in [1.82, 2.24) is 10.8 Å². The Bertz CT molecular complexity index is 823. The van der Waals surface area contributed by atoms with E-state index in [9.17, 15) is 19.5 Å². The SMILES string of the molecule is CC(C)C[C@@H](C(=O)N[C@@H](Cc1ccc(OC(C)(C)C)cc1)C(=O)OC(C)(C)C)[C@H](O)C(=O)NO. The lowest BCUT2D eigenvalue weighted by Gasteiger charge is -2.28. The number of ether oxygens (including phenoxy) is 2. The largest absolute Gasteiger partial charge is 0.488 e. The minimum atomic E-state index is -1.78. The molecule has 0 spiro atoms. The van der Waals surface area contributed by atoms with Crippen LogP contribution in [0.4, 0.5) is 0 Å². The van der Waals surface area contributed by atoms with Crippen molar-refractivity contribution in [2.45, 2.75) is 91.6 Å². The summed E-state index contributed by atoms with van der Waals surface area (Å²) in [7, 11) is 0. The molecular weight excluding hydrogens is 440 g/mol. The van der Waals surface area contributed by atoms with E-state index in [-0.39, 0.29) is 24.4 Å². The van der Waals surface area contributed by atoms with Crippen LogP contribution < -0.4 is 15.5 Å². The van der Waals surface area contributed by atoms with Crippen molar-refractivity contribution in [2.24, 2.45) is 11.8 Å². The van der Waals surface area contributed by atoms with Crippen molar-refractivity contribution in [1.29, 1.82) is 0 Å². The predicted molar refractivity (Wildman–Crippen MR) is 127 cm³/mol. The zero-order valence-electron chi connectivity index (χ0n) is 21.5. The molecule has 0 aliphatic heterocycles. The summed E-state index contributed by atoms with van der Waals surface area (Å²) in [6.45, 7) is 14.6. The van der Waals surface area contributed by atoms with Crippen molar-refractivity contribution in [2.75, 3.05) is 0 Å². The van der Waals surface area contributed by atoms with Crippen LogP contribution in [0.3, 0.4) is 0 Å². The number of aliphatic hydroxyl groups is 1. The maximum absolute atomic E-state index is 13.1. The molecule has 0 aliphatic rings. The van der Waals surface area contributed by atoms with E-state index >= 15 is 0 Å². The van der Waals surface area contributed by atoms with E-state index in [4.69, 9.17) is 14.7 Å². The molecule has 1 rings (SSSR count). The molecule has 9 heteroatoms. The summed E-state index contributed by atoms with van der Waals surface area (Å²) in [6, 6.07) is 6.10. The Labute approximate surface area is 202 Å². The Hall–Kier alpha value is -2.65. The van der Waals surface area contributed by atoms with Crippen molar-refractivity contribution in [3.05, 3.63) is 29.8 Å². The van der Waals surface area contributed by atoms with Gasteiger partial charge in [-0.1, -0.05) is 26.0 Å². The third-order valence-corrected chi connectivity index (χ3v) is 4.62. The average Bonchev–Trinajstić information content (AvgIpc) is 2.69. The summed E-state index contributed by atoms with van der Waals surface area (Å²) < 4.78 is 11.3. The zero-order chi connectivity index (χ0) is 26.3. The van der Waals surface area contributed by atoms with Gasteiger partial charge < -0.3 is 19.9 Å². The molecule has 0 bridgehead atoms. The molecule has 34 heavy (non-hydrogen) atoms. The first-order chi connectivity index (χ1) is 15.5. The van der Waals surface area contributed by atoms with Gasteiger partial charge in [0.15, 0.2) is 0 Å². The summed E-state index contributed by atoms with van der Waals surface area (Å²) in [6.07, 6.45) is -1.48. The van der Waals surface area contributed by atoms with Crippen molar-refractivity contribution < 1.29 is 34.2 Å². The number of hydroxylamine groups is 1. The molecule has 0 heterocycles. The summed E-state index contributed by atoms with van der Waals surface area (Å²) in [4.78, 5) is 37.7. The number of hydrogen-bond acceptors (Lipinski definition) is 7. The van der Waals surface area contributed by atoms with Gasteiger partial charge in [-0.05, 0) is 71.6 Å². The maximum atomic E-state index is 13.1. The predicted octanol–water partition coefficient (Wildman–Crippen LogP) is 2.76. The minimum absolute atomic E-state index is 0.0350. The van der Waals surface area contributed by atoms with Gasteiger partial charge in [-0.15, -0.1) is 0 Å². The van der Waals surface area contributed by atoms with E-state index in [0.717, 1.165) is 5.56 Å². The number of aliphatic hydroxyl groups excluding tert-OH is 1. The van der Waals surface area contributed by atoms with Crippen LogP contribution in [-0.4, -0.2) is 51.4 Å². The molecule has 0 fully saturated rings. The van der Waals surface area contributed by atoms with E-state index in [2.05, 4.69) is 5.32 Å². The third-order valence-electron chi connectivity index (χ3n) is 4.62. The molecule has 1 aromatic carbocycles. The second-order valence-corrected chi connectivity index (χ2v) is 10.8. The van der Waals surface area contributed by atoms with Crippen LogP contribution in [0.2, 0.25) is 0 Å². The van der Waals surface area contributed by atoms with Crippen LogP contribution in [-0.2, 0) is 25.5 Å². The third kappa shape index (κ3) is 10.5. The lowest BCUT2D eigenvalue weighted by Crippen LogP contribution is -2.51. The van der Waals surface area contributed by atoms with E-state index < -0.39 is 41.4 Å². The van der Waals surface area contributed by atoms with Crippen LogP contribution in [0.1, 0.15) is 67.4 Å². The summed E-state index contributed by atoms with van der Waals surface area (Å²) >= 11 is 0. The molecule has 0 saturated heterocycles. The highest BCUT2D eigenvalue weighted by atomic mass is 16.6. The van der Waals surface area contributed by atoms with Gasteiger partial charge in [-0.2, -0.15) is 0 Å². The van der Waals surface area contributed by atoms with E-state index in [1.165, 1.54) is 5.48 Å². The molecule has 1 aromatic rings. The summed E-state index contributed by atoms with van der Waals surface area (Å²) in [5, 5.41) is 21.8. The van der Waals surface area contributed by atoms with Crippen LogP contribution in [0, 0.1) is 11.8 Å². The highest BCUT2D eigenvalue weighted by molar-refractivity contribution is 5.91. The van der Waals surface area contributed by atoms with Gasteiger partial charge in [0.25, 0.3) is 5.91 Å². The molecule has 4 N–H and O–H groups in total. The topological polar surface area (TPSA) is 134 Å². The molecule has 0 saturated carbocycles. The lowest BCUT2D eigenvalue weighted by molar-refractivity contribution is -0.159. The van der Waals surface area contributed by atoms with Gasteiger partial charge in [0.1, 0.15) is 29.1 Å². The maximum Gasteiger partial charge on any atom is 0.329 e. The highest BCUT2D eigenvalue weighted by Crippen LogP contribution is 2.21. The van der Waals surface area contributed by atoms with Crippen LogP contribution >= 0.6 is 0 Å². The van der Waals surface area contributed by atoms with E-state index in [0.29, 0.717) is 5.75 Å². The van der Waals surface area contributed by atoms with Crippen molar-refractivity contribution in [3.8, 4) is 5.75 Å². The monoisotopic (exact) mass is 480 g/mol. The van der Waals surface area contributed by atoms with E-state index in [1.54, 1.807) is 45.0 Å². The van der Waals surface area contributed by atoms with Gasteiger partial charge in [-0.25, -0.2) is 10.3 Å².